The maximum Gasteiger partial charge on any atom is 0.250 e. The number of hydrogen-bond donors (Lipinski definition) is 0. The van der Waals surface area contributed by atoms with Crippen molar-refractivity contribution in [3.05, 3.63) is 63.6 Å². The van der Waals surface area contributed by atoms with E-state index in [1.54, 1.807) is 17.7 Å². The minimum atomic E-state index is 0.0266. The summed E-state index contributed by atoms with van der Waals surface area (Å²) in [7, 11) is 1.65. The molecule has 5 heteroatoms. The van der Waals surface area contributed by atoms with E-state index in [1.807, 2.05) is 30.5 Å². The Morgan fingerprint density at radius 2 is 2.04 bits per heavy atom. The standard InChI is InChI=1S/C18H21NO4/c1-21-17-4-2-14(3-5-17)12-23-9-7-19-11-16-13-22-8-6-15(16)10-18(19)20/h2-5,10-11H,6-9,12-13H2,1H3. The van der Waals surface area contributed by atoms with Crippen LogP contribution in [-0.2, 0) is 35.7 Å². The van der Waals surface area contributed by atoms with Gasteiger partial charge in [-0.25, -0.2) is 0 Å². The first kappa shape index (κ1) is 15.8. The van der Waals surface area contributed by atoms with Crippen LogP contribution in [0.3, 0.4) is 0 Å². The zero-order valence-corrected chi connectivity index (χ0v) is 13.3. The van der Waals surface area contributed by atoms with Crippen molar-refractivity contribution in [3.8, 4) is 5.75 Å². The van der Waals surface area contributed by atoms with Gasteiger partial charge in [-0.3, -0.25) is 4.79 Å². The average Bonchev–Trinajstić information content (AvgIpc) is 2.59. The van der Waals surface area contributed by atoms with E-state index in [0.717, 1.165) is 28.9 Å². The Labute approximate surface area is 135 Å². The zero-order chi connectivity index (χ0) is 16.1. The van der Waals surface area contributed by atoms with E-state index in [4.69, 9.17) is 14.2 Å². The third-order valence-electron chi connectivity index (χ3n) is 3.98. The van der Waals surface area contributed by atoms with Gasteiger partial charge in [0.15, 0.2) is 0 Å². The van der Waals surface area contributed by atoms with Gasteiger partial charge in [0.05, 0.1) is 33.5 Å². The average molecular weight is 315 g/mol. The maximum absolute atomic E-state index is 12.1. The van der Waals surface area contributed by atoms with Gasteiger partial charge in [0, 0.05) is 18.8 Å². The molecule has 3 rings (SSSR count). The molecule has 1 aromatic carbocycles. The van der Waals surface area contributed by atoms with Gasteiger partial charge in [-0.15, -0.1) is 0 Å². The lowest BCUT2D eigenvalue weighted by Crippen LogP contribution is -2.25. The van der Waals surface area contributed by atoms with E-state index in [-0.39, 0.29) is 5.56 Å². The predicted octanol–water partition coefficient (Wildman–Crippen LogP) is 2.15. The molecule has 0 aliphatic carbocycles. The minimum absolute atomic E-state index is 0.0266. The van der Waals surface area contributed by atoms with E-state index in [0.29, 0.717) is 33.0 Å². The maximum atomic E-state index is 12.1. The molecule has 2 heterocycles. The number of ether oxygens (including phenoxy) is 3. The van der Waals surface area contributed by atoms with Crippen molar-refractivity contribution in [3.63, 3.8) is 0 Å². The second-order valence-electron chi connectivity index (χ2n) is 5.56. The molecule has 0 atom stereocenters. The monoisotopic (exact) mass is 315 g/mol. The molecule has 122 valence electrons. The third kappa shape index (κ3) is 4.00. The molecule has 1 aliphatic rings. The first-order chi connectivity index (χ1) is 11.3. The van der Waals surface area contributed by atoms with Crippen molar-refractivity contribution >= 4 is 0 Å². The summed E-state index contributed by atoms with van der Waals surface area (Å²) in [4.78, 5) is 12.1. The number of benzene rings is 1. The van der Waals surface area contributed by atoms with E-state index >= 15 is 0 Å². The first-order valence-corrected chi connectivity index (χ1v) is 7.77. The van der Waals surface area contributed by atoms with E-state index in [2.05, 4.69) is 0 Å². The van der Waals surface area contributed by atoms with Gasteiger partial charge in [-0.1, -0.05) is 12.1 Å². The van der Waals surface area contributed by atoms with Gasteiger partial charge in [0.1, 0.15) is 5.75 Å². The summed E-state index contributed by atoms with van der Waals surface area (Å²) in [5.41, 5.74) is 3.32. The number of nitrogens with zero attached hydrogens (tertiary/aromatic N) is 1. The van der Waals surface area contributed by atoms with Crippen molar-refractivity contribution < 1.29 is 14.2 Å². The van der Waals surface area contributed by atoms with Crippen LogP contribution in [0.4, 0.5) is 0 Å². The number of methoxy groups -OCH3 is 1. The Morgan fingerprint density at radius 3 is 2.83 bits per heavy atom. The normalized spacial score (nSPS) is 13.6. The highest BCUT2D eigenvalue weighted by Crippen LogP contribution is 2.14. The van der Waals surface area contributed by atoms with Crippen LogP contribution >= 0.6 is 0 Å². The van der Waals surface area contributed by atoms with Crippen LogP contribution in [0.1, 0.15) is 16.7 Å². The Kier molecular flexibility index (Phi) is 5.10. The fourth-order valence-electron chi connectivity index (χ4n) is 2.64. The Bertz CT molecular complexity index is 706. The molecule has 0 radical (unpaired) electrons. The van der Waals surface area contributed by atoms with Crippen LogP contribution in [0.15, 0.2) is 41.3 Å². The smallest absolute Gasteiger partial charge is 0.250 e. The Hall–Kier alpha value is -2.11. The summed E-state index contributed by atoms with van der Waals surface area (Å²) in [5, 5.41) is 0. The Morgan fingerprint density at radius 1 is 1.22 bits per heavy atom. The van der Waals surface area contributed by atoms with Crippen LogP contribution in [-0.4, -0.2) is 24.9 Å². The van der Waals surface area contributed by atoms with E-state index < -0.39 is 0 Å². The molecule has 0 saturated heterocycles. The predicted molar refractivity (Wildman–Crippen MR) is 86.7 cm³/mol. The van der Waals surface area contributed by atoms with Crippen LogP contribution in [0.2, 0.25) is 0 Å². The van der Waals surface area contributed by atoms with Crippen LogP contribution in [0.25, 0.3) is 0 Å². The number of fused-ring (bicyclic) bond motifs is 1. The van der Waals surface area contributed by atoms with Gasteiger partial charge in [0.25, 0.3) is 5.56 Å². The van der Waals surface area contributed by atoms with Crippen LogP contribution in [0.5, 0.6) is 5.75 Å². The van der Waals surface area contributed by atoms with Crippen LogP contribution < -0.4 is 10.3 Å². The molecule has 0 bridgehead atoms. The third-order valence-corrected chi connectivity index (χ3v) is 3.98. The molecule has 5 nitrogen and oxygen atoms in total. The van der Waals surface area contributed by atoms with Gasteiger partial charge in [-0.2, -0.15) is 0 Å². The number of hydrogen-bond acceptors (Lipinski definition) is 4. The molecule has 1 aromatic heterocycles. The molecule has 0 spiro atoms. The second-order valence-corrected chi connectivity index (χ2v) is 5.56. The van der Waals surface area contributed by atoms with Crippen LogP contribution in [0, 0.1) is 0 Å². The molecule has 23 heavy (non-hydrogen) atoms. The SMILES string of the molecule is COc1ccc(COCCn2cc3c(cc2=O)CCOC3)cc1. The van der Waals surface area contributed by atoms with Gasteiger partial charge in [-0.05, 0) is 35.2 Å². The fourth-order valence-corrected chi connectivity index (χ4v) is 2.64. The summed E-state index contributed by atoms with van der Waals surface area (Å²) in [5.74, 6) is 0.830. The summed E-state index contributed by atoms with van der Waals surface area (Å²) in [6.07, 6.45) is 2.72. The first-order valence-electron chi connectivity index (χ1n) is 7.77. The molecule has 1 aliphatic heterocycles. The molecule has 0 amide bonds. The fraction of sp³-hybridized carbons (Fsp3) is 0.389. The zero-order valence-electron chi connectivity index (χ0n) is 13.3. The van der Waals surface area contributed by atoms with Gasteiger partial charge >= 0.3 is 0 Å². The largest absolute Gasteiger partial charge is 0.497 e. The summed E-state index contributed by atoms with van der Waals surface area (Å²) in [6.45, 7) is 2.84. The quantitative estimate of drug-likeness (QED) is 0.767. The summed E-state index contributed by atoms with van der Waals surface area (Å²) >= 11 is 0. The van der Waals surface area contributed by atoms with Crippen molar-refractivity contribution in [2.75, 3.05) is 20.3 Å². The highest BCUT2D eigenvalue weighted by molar-refractivity contribution is 5.27. The minimum Gasteiger partial charge on any atom is -0.497 e. The van der Waals surface area contributed by atoms with Crippen molar-refractivity contribution in [2.24, 2.45) is 0 Å². The van der Waals surface area contributed by atoms with Crippen molar-refractivity contribution in [2.45, 2.75) is 26.2 Å². The molecule has 0 unspecified atom stereocenters. The molecule has 0 saturated carbocycles. The topological polar surface area (TPSA) is 49.7 Å². The number of pyridine rings is 1. The highest BCUT2D eigenvalue weighted by Gasteiger charge is 2.11. The number of rotatable bonds is 6. The van der Waals surface area contributed by atoms with Gasteiger partial charge in [0.2, 0.25) is 0 Å². The Balaban J connectivity index is 1.53. The lowest BCUT2D eigenvalue weighted by molar-refractivity contribution is 0.106. The van der Waals surface area contributed by atoms with Crippen molar-refractivity contribution in [1.29, 1.82) is 0 Å². The highest BCUT2D eigenvalue weighted by atomic mass is 16.5. The molecular formula is C18H21NO4. The second kappa shape index (κ2) is 7.44. The lowest BCUT2D eigenvalue weighted by Gasteiger charge is -2.17. The molecule has 0 fully saturated rings. The molecular weight excluding hydrogens is 294 g/mol. The van der Waals surface area contributed by atoms with E-state index in [9.17, 15) is 4.79 Å². The molecule has 0 N–H and O–H groups in total. The van der Waals surface area contributed by atoms with Crippen molar-refractivity contribution in [1.82, 2.24) is 4.57 Å². The summed E-state index contributed by atoms with van der Waals surface area (Å²) in [6, 6.07) is 9.49. The summed E-state index contributed by atoms with van der Waals surface area (Å²) < 4.78 is 17.9. The van der Waals surface area contributed by atoms with E-state index in [1.165, 1.54) is 0 Å². The molecule has 2 aromatic rings. The van der Waals surface area contributed by atoms with Gasteiger partial charge < -0.3 is 18.8 Å². The number of aromatic nitrogens is 1. The lowest BCUT2D eigenvalue weighted by atomic mass is 10.1.